The van der Waals surface area contributed by atoms with Gasteiger partial charge in [-0.15, -0.1) is 0 Å². The molecule has 0 aliphatic carbocycles. The van der Waals surface area contributed by atoms with Gasteiger partial charge in [0.25, 0.3) is 5.91 Å². The van der Waals surface area contributed by atoms with Crippen molar-refractivity contribution in [3.8, 4) is 0 Å². The summed E-state index contributed by atoms with van der Waals surface area (Å²) >= 11 is 12.5. The van der Waals surface area contributed by atoms with Crippen molar-refractivity contribution in [2.24, 2.45) is 0 Å². The van der Waals surface area contributed by atoms with Crippen molar-refractivity contribution in [2.45, 2.75) is 13.8 Å². The van der Waals surface area contributed by atoms with E-state index in [1.807, 2.05) is 30.3 Å². The molecule has 1 fully saturated rings. The van der Waals surface area contributed by atoms with E-state index >= 15 is 0 Å². The van der Waals surface area contributed by atoms with Crippen LogP contribution in [0.25, 0.3) is 6.08 Å². The Morgan fingerprint density at radius 3 is 2.48 bits per heavy atom. The molecule has 1 aliphatic heterocycles. The lowest BCUT2D eigenvalue weighted by Gasteiger charge is -2.24. The average molecular weight is 341 g/mol. The number of thiocarbonyl (C=S) groups is 1. The van der Waals surface area contributed by atoms with Crippen LogP contribution >= 0.6 is 35.6 Å². The molecule has 0 unspecified atom stereocenters. The minimum atomic E-state index is -0.0214. The lowest BCUT2D eigenvalue weighted by Crippen LogP contribution is -2.40. The van der Waals surface area contributed by atoms with Gasteiger partial charge < -0.3 is 0 Å². The van der Waals surface area contributed by atoms with Gasteiger partial charge in [-0.25, -0.2) is 0 Å². The maximum Gasteiger partial charge on any atom is 0.267 e. The Balaban J connectivity index is 2.15. The van der Waals surface area contributed by atoms with E-state index in [1.165, 1.54) is 11.8 Å². The van der Waals surface area contributed by atoms with Crippen LogP contribution in [0.3, 0.4) is 0 Å². The third-order valence-electron chi connectivity index (χ3n) is 3.28. The summed E-state index contributed by atoms with van der Waals surface area (Å²) in [5.41, 5.74) is 0.947. The van der Waals surface area contributed by atoms with E-state index in [0.717, 1.165) is 18.7 Å². The zero-order valence-electron chi connectivity index (χ0n) is 12.0. The van der Waals surface area contributed by atoms with Gasteiger partial charge in [-0.05, 0) is 36.9 Å². The maximum atomic E-state index is 12.5. The number of thioether (sulfide) groups is 1. The fourth-order valence-electron chi connectivity index (χ4n) is 1.96. The van der Waals surface area contributed by atoms with E-state index in [4.69, 9.17) is 23.8 Å². The molecule has 1 saturated heterocycles. The Bertz CT molecular complexity index is 568. The van der Waals surface area contributed by atoms with Crippen LogP contribution in [-0.2, 0) is 4.79 Å². The Kier molecular flexibility index (Phi) is 5.81. The Morgan fingerprint density at radius 1 is 1.29 bits per heavy atom. The molecule has 1 aliphatic rings. The number of hydrogen-bond acceptors (Lipinski definition) is 4. The first-order valence-corrected chi connectivity index (χ1v) is 8.38. The zero-order valence-corrected chi connectivity index (χ0v) is 14.4. The molecule has 21 heavy (non-hydrogen) atoms. The average Bonchev–Trinajstić information content (AvgIpc) is 2.74. The lowest BCUT2D eigenvalue weighted by atomic mass is 10.2. The highest BCUT2D eigenvalue weighted by Gasteiger charge is 2.32. The second-order valence-corrected chi connectivity index (χ2v) is 6.72. The summed E-state index contributed by atoms with van der Waals surface area (Å²) < 4.78 is 0.618. The first-order chi connectivity index (χ1) is 10.0. The molecule has 0 saturated carbocycles. The summed E-state index contributed by atoms with van der Waals surface area (Å²) in [7, 11) is 0. The number of nitrogens with zero attached hydrogens (tertiary/aromatic N) is 2. The number of halogens is 1. The second-order valence-electron chi connectivity index (χ2n) is 4.61. The van der Waals surface area contributed by atoms with Crippen molar-refractivity contribution in [3.05, 3.63) is 39.8 Å². The smallest absolute Gasteiger partial charge is 0.267 e. The second kappa shape index (κ2) is 7.40. The summed E-state index contributed by atoms with van der Waals surface area (Å²) in [6.45, 7) is 6.48. The quantitative estimate of drug-likeness (QED) is 0.600. The Labute approximate surface area is 139 Å². The molecule has 0 aromatic heterocycles. The normalized spacial score (nSPS) is 17.3. The predicted molar refractivity (Wildman–Crippen MR) is 94.3 cm³/mol. The summed E-state index contributed by atoms with van der Waals surface area (Å²) in [5.74, 6) is -0.0214. The Hall–Kier alpha value is -0.880. The molecule has 0 atom stereocenters. The number of carbonyl (C=O) groups is 1. The number of amides is 1. The maximum absolute atomic E-state index is 12.5. The SMILES string of the molecule is CCN(CC)CN1C(=O)/C(=C\c2ccc(Cl)cc2)SC1=S. The molecule has 0 N–H and O–H groups in total. The minimum absolute atomic E-state index is 0.0214. The number of rotatable bonds is 5. The molecular formula is C15H17ClN2OS2. The van der Waals surface area contributed by atoms with Crippen molar-refractivity contribution in [1.82, 2.24) is 9.80 Å². The molecular weight excluding hydrogens is 324 g/mol. The van der Waals surface area contributed by atoms with Crippen LogP contribution in [0.15, 0.2) is 29.2 Å². The first-order valence-electron chi connectivity index (χ1n) is 6.78. The van der Waals surface area contributed by atoms with E-state index < -0.39 is 0 Å². The first kappa shape index (κ1) is 16.5. The van der Waals surface area contributed by atoms with Gasteiger partial charge >= 0.3 is 0 Å². The van der Waals surface area contributed by atoms with Crippen LogP contribution in [0.5, 0.6) is 0 Å². The predicted octanol–water partition coefficient (Wildman–Crippen LogP) is 3.84. The van der Waals surface area contributed by atoms with Crippen LogP contribution in [-0.4, -0.2) is 39.8 Å². The number of carbonyl (C=O) groups excluding carboxylic acids is 1. The highest BCUT2D eigenvalue weighted by Crippen LogP contribution is 2.32. The highest BCUT2D eigenvalue weighted by atomic mass is 35.5. The third-order valence-corrected chi connectivity index (χ3v) is 4.91. The van der Waals surface area contributed by atoms with Crippen LogP contribution in [0.4, 0.5) is 0 Å². The molecule has 0 bridgehead atoms. The fraction of sp³-hybridized carbons (Fsp3) is 0.333. The van der Waals surface area contributed by atoms with E-state index in [1.54, 1.807) is 4.90 Å². The van der Waals surface area contributed by atoms with Gasteiger partial charge in [-0.1, -0.05) is 61.6 Å². The Morgan fingerprint density at radius 2 is 1.90 bits per heavy atom. The molecule has 2 rings (SSSR count). The van der Waals surface area contributed by atoms with Gasteiger partial charge in [0.2, 0.25) is 0 Å². The van der Waals surface area contributed by atoms with Crippen molar-refractivity contribution >= 4 is 51.9 Å². The summed E-state index contributed by atoms with van der Waals surface area (Å²) in [5, 5.41) is 0.682. The lowest BCUT2D eigenvalue weighted by molar-refractivity contribution is -0.123. The van der Waals surface area contributed by atoms with E-state index in [-0.39, 0.29) is 5.91 Å². The molecule has 1 aromatic carbocycles. The zero-order chi connectivity index (χ0) is 15.4. The largest absolute Gasteiger partial charge is 0.286 e. The van der Waals surface area contributed by atoms with Gasteiger partial charge in [-0.3, -0.25) is 14.6 Å². The van der Waals surface area contributed by atoms with Crippen LogP contribution in [0.1, 0.15) is 19.4 Å². The van der Waals surface area contributed by atoms with Crippen molar-refractivity contribution in [1.29, 1.82) is 0 Å². The van der Waals surface area contributed by atoms with Crippen LogP contribution in [0.2, 0.25) is 5.02 Å². The molecule has 6 heteroatoms. The van der Waals surface area contributed by atoms with E-state index in [9.17, 15) is 4.79 Å². The molecule has 1 aromatic rings. The summed E-state index contributed by atoms with van der Waals surface area (Å²) in [6.07, 6.45) is 1.86. The highest BCUT2D eigenvalue weighted by molar-refractivity contribution is 8.26. The minimum Gasteiger partial charge on any atom is -0.286 e. The molecule has 1 amide bonds. The van der Waals surface area contributed by atoms with Crippen LogP contribution in [0, 0.1) is 0 Å². The molecule has 3 nitrogen and oxygen atoms in total. The molecule has 1 heterocycles. The van der Waals surface area contributed by atoms with Gasteiger partial charge in [0.15, 0.2) is 0 Å². The standard InChI is InChI=1S/C15H17ClN2OS2/c1-3-17(4-2)10-18-14(19)13(21-15(18)20)9-11-5-7-12(16)8-6-11/h5-9H,3-4,10H2,1-2H3/b13-9+. The fourth-order valence-corrected chi connectivity index (χ4v) is 3.32. The summed E-state index contributed by atoms with van der Waals surface area (Å²) in [6, 6.07) is 7.40. The van der Waals surface area contributed by atoms with E-state index in [2.05, 4.69) is 18.7 Å². The van der Waals surface area contributed by atoms with Gasteiger partial charge in [0.05, 0.1) is 11.6 Å². The van der Waals surface area contributed by atoms with E-state index in [0.29, 0.717) is 20.9 Å². The number of hydrogen-bond donors (Lipinski definition) is 0. The van der Waals surface area contributed by atoms with Crippen molar-refractivity contribution in [3.63, 3.8) is 0 Å². The third kappa shape index (κ3) is 4.07. The van der Waals surface area contributed by atoms with Gasteiger partial charge in [0, 0.05) is 5.02 Å². The van der Waals surface area contributed by atoms with Crippen molar-refractivity contribution < 1.29 is 4.79 Å². The summed E-state index contributed by atoms with van der Waals surface area (Å²) in [4.78, 5) is 16.9. The molecule has 0 radical (unpaired) electrons. The number of benzene rings is 1. The van der Waals surface area contributed by atoms with Crippen molar-refractivity contribution in [2.75, 3.05) is 19.8 Å². The van der Waals surface area contributed by atoms with Crippen LogP contribution < -0.4 is 0 Å². The monoisotopic (exact) mass is 340 g/mol. The topological polar surface area (TPSA) is 23.6 Å². The molecule has 0 spiro atoms. The van der Waals surface area contributed by atoms with Gasteiger partial charge in [0.1, 0.15) is 4.32 Å². The van der Waals surface area contributed by atoms with Gasteiger partial charge in [-0.2, -0.15) is 0 Å². The molecule has 112 valence electrons.